The maximum Gasteiger partial charge on any atom is 0.255 e. The Morgan fingerprint density at radius 2 is 1.94 bits per heavy atom. The molecule has 172 valence electrons. The third kappa shape index (κ3) is 4.24. The van der Waals surface area contributed by atoms with Crippen molar-refractivity contribution in [1.29, 1.82) is 0 Å². The summed E-state index contributed by atoms with van der Waals surface area (Å²) in [7, 11) is 0. The van der Waals surface area contributed by atoms with E-state index in [4.69, 9.17) is 10.5 Å². The highest BCUT2D eigenvalue weighted by atomic mass is 16.5. The minimum atomic E-state index is -0.597. The fourth-order valence-electron chi connectivity index (χ4n) is 4.91. The maximum absolute atomic E-state index is 12.9. The molecule has 2 aromatic rings. The van der Waals surface area contributed by atoms with Crippen molar-refractivity contribution < 1.29 is 19.1 Å². The lowest BCUT2D eigenvalue weighted by Crippen LogP contribution is -2.52. The van der Waals surface area contributed by atoms with Crippen LogP contribution in [0.4, 0.5) is 5.69 Å². The number of imide groups is 1. The fraction of sp³-hybridized carbons (Fsp3) is 0.400. The molecule has 8 heteroatoms. The molecule has 4 N–H and O–H groups in total. The Labute approximate surface area is 192 Å². The quantitative estimate of drug-likeness (QED) is 0.603. The Kier molecular flexibility index (Phi) is 5.64. The van der Waals surface area contributed by atoms with Gasteiger partial charge in [0.1, 0.15) is 6.04 Å². The summed E-state index contributed by atoms with van der Waals surface area (Å²) < 4.78 is 5.46. The zero-order valence-electron chi connectivity index (χ0n) is 18.4. The molecule has 3 amide bonds. The largest absolute Gasteiger partial charge is 0.381 e. The summed E-state index contributed by atoms with van der Waals surface area (Å²) in [6.07, 6.45) is 2.23. The predicted octanol–water partition coefficient (Wildman–Crippen LogP) is 2.02. The van der Waals surface area contributed by atoms with E-state index in [1.807, 2.05) is 30.3 Å². The number of ether oxygens (including phenoxy) is 1. The molecule has 3 heterocycles. The Hall–Kier alpha value is -3.23. The van der Waals surface area contributed by atoms with Gasteiger partial charge in [-0.2, -0.15) is 0 Å². The van der Waals surface area contributed by atoms with Crippen molar-refractivity contribution in [2.75, 3.05) is 18.5 Å². The summed E-state index contributed by atoms with van der Waals surface area (Å²) in [6, 6.07) is 13.4. The van der Waals surface area contributed by atoms with Crippen LogP contribution in [-0.2, 0) is 33.0 Å². The lowest BCUT2D eigenvalue weighted by molar-refractivity contribution is -0.136. The van der Waals surface area contributed by atoms with E-state index in [-0.39, 0.29) is 23.8 Å². The lowest BCUT2D eigenvalue weighted by atomic mass is 9.83. The molecule has 0 saturated carbocycles. The molecule has 0 aromatic heterocycles. The van der Waals surface area contributed by atoms with Gasteiger partial charge in [0.15, 0.2) is 0 Å². The van der Waals surface area contributed by atoms with E-state index in [9.17, 15) is 14.4 Å². The van der Waals surface area contributed by atoms with Crippen LogP contribution in [0.25, 0.3) is 0 Å². The molecule has 3 aliphatic heterocycles. The summed E-state index contributed by atoms with van der Waals surface area (Å²) >= 11 is 0. The second kappa shape index (κ2) is 8.61. The van der Waals surface area contributed by atoms with Gasteiger partial charge in [-0.1, -0.05) is 24.3 Å². The number of piperidine rings is 1. The molecule has 0 spiro atoms. The molecule has 8 nitrogen and oxygen atoms in total. The monoisotopic (exact) mass is 448 g/mol. The Morgan fingerprint density at radius 1 is 1.12 bits per heavy atom. The molecular formula is C25H28N4O4. The van der Waals surface area contributed by atoms with Crippen LogP contribution in [-0.4, -0.2) is 41.9 Å². The van der Waals surface area contributed by atoms with E-state index in [1.165, 1.54) is 0 Å². The highest BCUT2D eigenvalue weighted by Gasteiger charge is 2.39. The highest BCUT2D eigenvalue weighted by Crippen LogP contribution is 2.31. The number of amides is 3. The van der Waals surface area contributed by atoms with Gasteiger partial charge in [0.05, 0.1) is 0 Å². The second-order valence-corrected chi connectivity index (χ2v) is 9.09. The standard InChI is InChI=1S/C25H28N4O4/c26-25(8-10-33-11-9-25)18-2-1-3-19(13-18)27-14-16-4-5-20-17(12-16)15-29(24(20)32)21-6-7-22(30)28-23(21)31/h1-5,12-13,21,27H,6-11,14-15,26H2,(H,28,30,31). The van der Waals surface area contributed by atoms with Crippen LogP contribution in [0.5, 0.6) is 0 Å². The van der Waals surface area contributed by atoms with Gasteiger partial charge in [0.2, 0.25) is 11.8 Å². The topological polar surface area (TPSA) is 114 Å². The number of carbonyl (C=O) groups excluding carboxylic acids is 3. The van der Waals surface area contributed by atoms with E-state index in [2.05, 4.69) is 22.8 Å². The Balaban J connectivity index is 1.26. The number of benzene rings is 2. The molecule has 5 rings (SSSR count). The first-order valence-electron chi connectivity index (χ1n) is 11.4. The summed E-state index contributed by atoms with van der Waals surface area (Å²) in [5, 5.41) is 5.80. The van der Waals surface area contributed by atoms with Crippen LogP contribution in [0.1, 0.15) is 52.7 Å². The van der Waals surface area contributed by atoms with Crippen LogP contribution in [0.2, 0.25) is 0 Å². The molecule has 3 aliphatic rings. The molecule has 1 unspecified atom stereocenters. The van der Waals surface area contributed by atoms with Gasteiger partial charge in [0.25, 0.3) is 5.91 Å². The van der Waals surface area contributed by atoms with Crippen molar-refractivity contribution in [2.45, 2.75) is 50.4 Å². The van der Waals surface area contributed by atoms with Gasteiger partial charge < -0.3 is 20.7 Å². The van der Waals surface area contributed by atoms with E-state index in [0.717, 1.165) is 35.2 Å². The van der Waals surface area contributed by atoms with Crippen LogP contribution in [0.15, 0.2) is 42.5 Å². The number of hydrogen-bond acceptors (Lipinski definition) is 6. The molecule has 33 heavy (non-hydrogen) atoms. The van der Waals surface area contributed by atoms with Gasteiger partial charge in [-0.25, -0.2) is 0 Å². The third-order valence-corrected chi connectivity index (χ3v) is 6.91. The smallest absolute Gasteiger partial charge is 0.255 e. The van der Waals surface area contributed by atoms with E-state index >= 15 is 0 Å². The predicted molar refractivity (Wildman–Crippen MR) is 122 cm³/mol. The zero-order valence-corrected chi connectivity index (χ0v) is 18.4. The minimum absolute atomic E-state index is 0.156. The second-order valence-electron chi connectivity index (χ2n) is 9.09. The van der Waals surface area contributed by atoms with Gasteiger partial charge in [-0.15, -0.1) is 0 Å². The van der Waals surface area contributed by atoms with Crippen molar-refractivity contribution in [3.63, 3.8) is 0 Å². The number of nitrogens with one attached hydrogen (secondary N) is 2. The molecule has 2 aromatic carbocycles. The molecule has 0 radical (unpaired) electrons. The number of anilines is 1. The van der Waals surface area contributed by atoms with Crippen molar-refractivity contribution in [3.05, 3.63) is 64.7 Å². The lowest BCUT2D eigenvalue weighted by Gasteiger charge is -2.34. The van der Waals surface area contributed by atoms with Gasteiger partial charge in [-0.3, -0.25) is 19.7 Å². The van der Waals surface area contributed by atoms with E-state index in [1.54, 1.807) is 4.90 Å². The molecule has 2 fully saturated rings. The van der Waals surface area contributed by atoms with Crippen LogP contribution < -0.4 is 16.4 Å². The number of rotatable bonds is 5. The maximum atomic E-state index is 12.9. The highest BCUT2D eigenvalue weighted by molar-refractivity contribution is 6.05. The minimum Gasteiger partial charge on any atom is -0.381 e. The molecule has 0 aliphatic carbocycles. The van der Waals surface area contributed by atoms with Crippen LogP contribution >= 0.6 is 0 Å². The summed E-state index contributed by atoms with van der Waals surface area (Å²) in [5.74, 6) is -0.831. The average molecular weight is 449 g/mol. The number of fused-ring (bicyclic) bond motifs is 1. The molecule has 0 bridgehead atoms. The fourth-order valence-corrected chi connectivity index (χ4v) is 4.91. The van der Waals surface area contributed by atoms with Gasteiger partial charge >= 0.3 is 0 Å². The van der Waals surface area contributed by atoms with Crippen molar-refractivity contribution in [3.8, 4) is 0 Å². The van der Waals surface area contributed by atoms with Crippen LogP contribution in [0, 0.1) is 0 Å². The first kappa shape index (κ1) is 21.6. The third-order valence-electron chi connectivity index (χ3n) is 6.91. The first-order chi connectivity index (χ1) is 15.9. The van der Waals surface area contributed by atoms with Gasteiger partial charge in [-0.05, 0) is 54.2 Å². The zero-order chi connectivity index (χ0) is 23.0. The molecular weight excluding hydrogens is 420 g/mol. The molecule has 1 atom stereocenters. The van der Waals surface area contributed by atoms with E-state index < -0.39 is 11.9 Å². The summed E-state index contributed by atoms with van der Waals surface area (Å²) in [6.45, 7) is 2.33. The number of nitrogens with two attached hydrogens (primary N) is 1. The Morgan fingerprint density at radius 3 is 2.73 bits per heavy atom. The Bertz CT molecular complexity index is 1110. The van der Waals surface area contributed by atoms with Gasteiger partial charge in [0, 0.05) is 49.5 Å². The van der Waals surface area contributed by atoms with E-state index in [0.29, 0.717) is 38.3 Å². The molecule has 2 saturated heterocycles. The summed E-state index contributed by atoms with van der Waals surface area (Å²) in [5.41, 5.74) is 10.9. The van der Waals surface area contributed by atoms with Crippen molar-refractivity contribution in [1.82, 2.24) is 10.2 Å². The van der Waals surface area contributed by atoms with Crippen LogP contribution in [0.3, 0.4) is 0 Å². The van der Waals surface area contributed by atoms with Crippen molar-refractivity contribution >= 4 is 23.4 Å². The first-order valence-corrected chi connectivity index (χ1v) is 11.4. The SMILES string of the molecule is NC1(c2cccc(NCc3ccc4c(c3)CN(C3CCC(=O)NC3=O)C4=O)c2)CCOCC1. The summed E-state index contributed by atoms with van der Waals surface area (Å²) in [4.78, 5) is 38.1. The number of nitrogens with zero attached hydrogens (tertiary/aromatic N) is 1. The number of hydrogen-bond donors (Lipinski definition) is 3. The number of carbonyl (C=O) groups is 3. The van der Waals surface area contributed by atoms with Crippen molar-refractivity contribution in [2.24, 2.45) is 5.73 Å². The normalized spacial score (nSPS) is 22.2. The average Bonchev–Trinajstić information content (AvgIpc) is 3.14.